The van der Waals surface area contributed by atoms with Crippen molar-refractivity contribution in [2.75, 3.05) is 6.61 Å². The van der Waals surface area contributed by atoms with Crippen LogP contribution in [0.25, 0.3) is 0 Å². The second-order valence-corrected chi connectivity index (χ2v) is 6.48. The minimum absolute atomic E-state index is 0.150. The first kappa shape index (κ1) is 18.1. The fourth-order valence-corrected chi connectivity index (χ4v) is 2.00. The molecule has 0 aliphatic heterocycles. The molecule has 0 heterocycles. The van der Waals surface area contributed by atoms with Gasteiger partial charge < -0.3 is 10.1 Å². The Morgan fingerprint density at radius 2 is 1.91 bits per heavy atom. The van der Waals surface area contributed by atoms with Crippen LogP contribution in [-0.2, 0) is 19.1 Å². The van der Waals surface area contributed by atoms with E-state index in [0.29, 0.717) is 12.2 Å². The van der Waals surface area contributed by atoms with Gasteiger partial charge in [-0.05, 0) is 24.8 Å². The zero-order valence-electron chi connectivity index (χ0n) is 14.0. The van der Waals surface area contributed by atoms with E-state index in [2.05, 4.69) is 5.32 Å². The molecule has 0 aromatic carbocycles. The molecule has 5 heteroatoms. The lowest BCUT2D eigenvalue weighted by molar-refractivity contribution is -0.145. The molecule has 22 heavy (non-hydrogen) atoms. The average molecular weight is 307 g/mol. The number of carbonyl (C=O) groups is 3. The molecule has 0 fully saturated rings. The topological polar surface area (TPSA) is 72.5 Å². The number of hydrogen-bond donors (Lipinski definition) is 1. The van der Waals surface area contributed by atoms with Crippen molar-refractivity contribution in [1.82, 2.24) is 5.32 Å². The lowest BCUT2D eigenvalue weighted by Crippen LogP contribution is -2.39. The van der Waals surface area contributed by atoms with E-state index >= 15 is 0 Å². The number of carbonyl (C=O) groups excluding carboxylic acids is 3. The highest BCUT2D eigenvalue weighted by Gasteiger charge is 2.31. The number of Topliss-reactive ketones (excluding diaryl/α,β-unsaturated/α-hetero) is 1. The number of nitrogens with one attached hydrogen (secondary N) is 1. The first-order valence-electron chi connectivity index (χ1n) is 7.62. The molecule has 0 spiro atoms. The van der Waals surface area contributed by atoms with Gasteiger partial charge in [0.15, 0.2) is 5.78 Å². The first-order chi connectivity index (χ1) is 10.2. The zero-order chi connectivity index (χ0) is 16.9. The largest absolute Gasteiger partial charge is 0.464 e. The fourth-order valence-electron chi connectivity index (χ4n) is 2.00. The van der Waals surface area contributed by atoms with Crippen LogP contribution in [0.2, 0.25) is 0 Å². The van der Waals surface area contributed by atoms with E-state index in [-0.39, 0.29) is 17.3 Å². The summed E-state index contributed by atoms with van der Waals surface area (Å²) in [5.74, 6) is -0.930. The highest BCUT2D eigenvalue weighted by atomic mass is 16.5. The molecule has 0 radical (unpaired) electrons. The second kappa shape index (κ2) is 7.38. The highest BCUT2D eigenvalue weighted by molar-refractivity contribution is 6.20. The maximum absolute atomic E-state index is 12.4. The van der Waals surface area contributed by atoms with Gasteiger partial charge in [-0.15, -0.1) is 0 Å². The van der Waals surface area contributed by atoms with Crippen LogP contribution in [0, 0.1) is 5.41 Å². The number of ketones is 2. The van der Waals surface area contributed by atoms with E-state index in [1.54, 1.807) is 6.92 Å². The van der Waals surface area contributed by atoms with Gasteiger partial charge in [0.1, 0.15) is 6.04 Å². The molecule has 122 valence electrons. The summed E-state index contributed by atoms with van der Waals surface area (Å²) in [7, 11) is 0. The number of allylic oxidation sites excluding steroid dienone is 3. The van der Waals surface area contributed by atoms with Gasteiger partial charge in [0, 0.05) is 11.6 Å². The van der Waals surface area contributed by atoms with Crippen molar-refractivity contribution < 1.29 is 19.1 Å². The molecule has 5 nitrogen and oxygen atoms in total. The van der Waals surface area contributed by atoms with Crippen molar-refractivity contribution in [3.05, 3.63) is 23.4 Å². The lowest BCUT2D eigenvalue weighted by Gasteiger charge is -2.26. The Hall–Kier alpha value is -1.91. The molecule has 1 atom stereocenters. The monoisotopic (exact) mass is 307 g/mol. The summed E-state index contributed by atoms with van der Waals surface area (Å²) >= 11 is 0. The quantitative estimate of drug-likeness (QED) is 0.463. The minimum atomic E-state index is -0.681. The van der Waals surface area contributed by atoms with Gasteiger partial charge in [0.05, 0.1) is 12.3 Å². The summed E-state index contributed by atoms with van der Waals surface area (Å²) in [5, 5.41) is 2.80. The van der Waals surface area contributed by atoms with Crippen molar-refractivity contribution in [3.63, 3.8) is 0 Å². The van der Waals surface area contributed by atoms with Crippen LogP contribution >= 0.6 is 0 Å². The molecule has 1 N–H and O–H groups in total. The Labute approximate surface area is 131 Å². The van der Waals surface area contributed by atoms with Crippen molar-refractivity contribution in [3.8, 4) is 0 Å². The summed E-state index contributed by atoms with van der Waals surface area (Å²) in [6, 6.07) is -0.681. The first-order valence-corrected chi connectivity index (χ1v) is 7.62. The van der Waals surface area contributed by atoms with Crippen molar-refractivity contribution in [2.24, 2.45) is 5.41 Å². The highest BCUT2D eigenvalue weighted by Crippen LogP contribution is 2.29. The third kappa shape index (κ3) is 4.83. The van der Waals surface area contributed by atoms with E-state index in [4.69, 9.17) is 4.74 Å². The molecule has 1 rings (SSSR count). The molecule has 0 saturated heterocycles. The maximum atomic E-state index is 12.4. The van der Waals surface area contributed by atoms with Crippen LogP contribution in [0.1, 0.15) is 47.5 Å². The van der Waals surface area contributed by atoms with E-state index in [1.807, 2.05) is 27.7 Å². The van der Waals surface area contributed by atoms with Gasteiger partial charge >= 0.3 is 5.97 Å². The Morgan fingerprint density at radius 3 is 2.45 bits per heavy atom. The van der Waals surface area contributed by atoms with Gasteiger partial charge in [-0.2, -0.15) is 0 Å². The van der Waals surface area contributed by atoms with Crippen molar-refractivity contribution in [2.45, 2.75) is 53.5 Å². The third-order valence-electron chi connectivity index (χ3n) is 3.34. The Morgan fingerprint density at radius 1 is 1.27 bits per heavy atom. The predicted octanol–water partition coefficient (Wildman–Crippen LogP) is 2.32. The summed E-state index contributed by atoms with van der Waals surface area (Å²) in [6.07, 6.45) is 4.33. The van der Waals surface area contributed by atoms with E-state index < -0.39 is 17.4 Å². The third-order valence-corrected chi connectivity index (χ3v) is 3.34. The molecule has 1 aliphatic carbocycles. The normalized spacial score (nSPS) is 16.8. The SMILES string of the molecule is CCCCOC(=O)C(C)NC1=CC(=O)C=C(C(C)(C)C)C1=O. The Bertz CT molecular complexity index is 523. The Kier molecular flexibility index (Phi) is 6.09. The van der Waals surface area contributed by atoms with E-state index in [0.717, 1.165) is 12.8 Å². The standard InChI is InChI=1S/C17H25NO4/c1-6-7-8-22-16(21)11(2)18-14-10-12(19)9-13(15(14)20)17(3,4)5/h9-11,18H,6-8H2,1-5H3. The van der Waals surface area contributed by atoms with Gasteiger partial charge in [0.2, 0.25) is 5.78 Å². The summed E-state index contributed by atoms with van der Waals surface area (Å²) in [4.78, 5) is 36.0. The second-order valence-electron chi connectivity index (χ2n) is 6.48. The van der Waals surface area contributed by atoms with Crippen LogP contribution in [0.15, 0.2) is 23.4 Å². The maximum Gasteiger partial charge on any atom is 0.328 e. The van der Waals surface area contributed by atoms with Gasteiger partial charge in [-0.25, -0.2) is 4.79 Å². The predicted molar refractivity (Wildman–Crippen MR) is 84.1 cm³/mol. The number of esters is 1. The molecule has 0 amide bonds. The summed E-state index contributed by atoms with van der Waals surface area (Å²) < 4.78 is 5.10. The fraction of sp³-hybridized carbons (Fsp3) is 0.588. The molecule has 0 aromatic heterocycles. The minimum Gasteiger partial charge on any atom is -0.464 e. The summed E-state index contributed by atoms with van der Waals surface area (Å²) in [6.45, 7) is 9.59. The number of ether oxygens (including phenoxy) is 1. The molecule has 0 aromatic rings. The van der Waals surface area contributed by atoms with Gasteiger partial charge in [-0.3, -0.25) is 9.59 Å². The van der Waals surface area contributed by atoms with Crippen LogP contribution in [0.3, 0.4) is 0 Å². The van der Waals surface area contributed by atoms with Crippen LogP contribution in [-0.4, -0.2) is 30.2 Å². The van der Waals surface area contributed by atoms with Crippen molar-refractivity contribution >= 4 is 17.5 Å². The molecule has 0 saturated carbocycles. The van der Waals surface area contributed by atoms with E-state index in [9.17, 15) is 14.4 Å². The van der Waals surface area contributed by atoms with Crippen LogP contribution in [0.5, 0.6) is 0 Å². The van der Waals surface area contributed by atoms with E-state index in [1.165, 1.54) is 12.2 Å². The molecular weight excluding hydrogens is 282 g/mol. The number of rotatable bonds is 6. The number of unbranched alkanes of at least 4 members (excludes halogenated alkanes) is 1. The van der Waals surface area contributed by atoms with Gasteiger partial charge in [0.25, 0.3) is 0 Å². The zero-order valence-corrected chi connectivity index (χ0v) is 14.0. The number of hydrogen-bond acceptors (Lipinski definition) is 5. The Balaban J connectivity index is 2.75. The lowest BCUT2D eigenvalue weighted by atomic mass is 9.80. The molecule has 1 unspecified atom stereocenters. The average Bonchev–Trinajstić information content (AvgIpc) is 2.41. The molecule has 0 bridgehead atoms. The smallest absolute Gasteiger partial charge is 0.328 e. The summed E-state index contributed by atoms with van der Waals surface area (Å²) in [5.41, 5.74) is 0.158. The molecular formula is C17H25NO4. The molecule has 1 aliphatic rings. The van der Waals surface area contributed by atoms with Gasteiger partial charge in [-0.1, -0.05) is 34.1 Å². The van der Waals surface area contributed by atoms with Crippen molar-refractivity contribution in [1.29, 1.82) is 0 Å². The van der Waals surface area contributed by atoms with Crippen LogP contribution in [0.4, 0.5) is 0 Å². The van der Waals surface area contributed by atoms with Crippen LogP contribution < -0.4 is 5.32 Å².